The van der Waals surface area contributed by atoms with E-state index in [1.807, 2.05) is 5.32 Å². The Morgan fingerprint density at radius 1 is 1.59 bits per heavy atom. The molecular weight excluding hydrogens is 236 g/mol. The first-order valence-corrected chi connectivity index (χ1v) is 4.82. The highest BCUT2D eigenvalue weighted by molar-refractivity contribution is 5.72. The maximum absolute atomic E-state index is 10.7. The van der Waals surface area contributed by atoms with Crippen LogP contribution in [0.3, 0.4) is 0 Å². The van der Waals surface area contributed by atoms with Crippen molar-refractivity contribution in [2.45, 2.75) is 30.3 Å². The quantitative estimate of drug-likeness (QED) is 0.284. The number of nitrogens with two attached hydrogens (primary N) is 1. The zero-order valence-electron chi connectivity index (χ0n) is 9.11. The van der Waals surface area contributed by atoms with E-state index < -0.39 is 43.0 Å². The van der Waals surface area contributed by atoms with Crippen molar-refractivity contribution in [3.63, 3.8) is 0 Å². The largest absolute Gasteiger partial charge is 0.394 e. The van der Waals surface area contributed by atoms with E-state index in [1.54, 1.807) is 0 Å². The Morgan fingerprint density at radius 3 is 2.59 bits per heavy atom. The van der Waals surface area contributed by atoms with Crippen molar-refractivity contribution in [3.05, 3.63) is 0 Å². The van der Waals surface area contributed by atoms with Crippen LogP contribution in [0.15, 0.2) is 0 Å². The van der Waals surface area contributed by atoms with Crippen molar-refractivity contribution in [1.82, 2.24) is 5.32 Å². The summed E-state index contributed by atoms with van der Waals surface area (Å²) in [5.74, 6) is 0. The topological polar surface area (TPSA) is 154 Å². The van der Waals surface area contributed by atoms with Gasteiger partial charge in [0.2, 0.25) is 12.0 Å². The number of urea groups is 1. The summed E-state index contributed by atoms with van der Waals surface area (Å²) in [6.45, 7) is -0.593. The molecule has 1 aliphatic rings. The number of carbonyl (C=O) groups is 1. The molecule has 100 valence electrons. The van der Waals surface area contributed by atoms with E-state index in [4.69, 9.17) is 20.3 Å². The van der Waals surface area contributed by atoms with Gasteiger partial charge in [0.15, 0.2) is 0 Å². The van der Waals surface area contributed by atoms with Crippen molar-refractivity contribution in [2.75, 3.05) is 13.7 Å². The lowest BCUT2D eigenvalue weighted by Crippen LogP contribution is -2.74. The summed E-state index contributed by atoms with van der Waals surface area (Å²) in [5.41, 5.74) is 2.44. The third-order valence-electron chi connectivity index (χ3n) is 2.53. The Hall–Kier alpha value is -0.970. The second kappa shape index (κ2) is 5.12. The summed E-state index contributed by atoms with van der Waals surface area (Å²) in [7, 11) is 1.15. The van der Waals surface area contributed by atoms with Gasteiger partial charge in [-0.25, -0.2) is 4.79 Å². The smallest absolute Gasteiger partial charge is 0.314 e. The summed E-state index contributed by atoms with van der Waals surface area (Å²) in [6.07, 6.45) is -6.07. The van der Waals surface area contributed by atoms with Crippen LogP contribution in [0.4, 0.5) is 4.79 Å². The number of hydrogen-bond donors (Lipinski definition) is 6. The van der Waals surface area contributed by atoms with Crippen LogP contribution in [0, 0.1) is 0 Å². The van der Waals surface area contributed by atoms with Crippen LogP contribution in [0.25, 0.3) is 0 Å². The lowest BCUT2D eigenvalue weighted by atomic mass is 9.93. The first-order valence-electron chi connectivity index (χ1n) is 4.82. The second-order valence-corrected chi connectivity index (χ2v) is 3.67. The predicted molar refractivity (Wildman–Crippen MR) is 52.4 cm³/mol. The van der Waals surface area contributed by atoms with Crippen molar-refractivity contribution < 1.29 is 34.7 Å². The van der Waals surface area contributed by atoms with Crippen LogP contribution in [0.2, 0.25) is 0 Å². The van der Waals surface area contributed by atoms with Gasteiger partial charge in [-0.15, -0.1) is 0 Å². The molecule has 2 amide bonds. The van der Waals surface area contributed by atoms with Gasteiger partial charge < -0.3 is 41.0 Å². The lowest BCUT2D eigenvalue weighted by Gasteiger charge is -2.46. The van der Waals surface area contributed by atoms with Gasteiger partial charge in [-0.2, -0.15) is 0 Å². The van der Waals surface area contributed by atoms with Crippen LogP contribution < -0.4 is 11.1 Å². The Bertz CT molecular complexity index is 285. The number of hydrogen-bond acceptors (Lipinski definition) is 7. The molecule has 1 saturated heterocycles. The number of carbonyl (C=O) groups excluding carboxylic acids is 1. The van der Waals surface area contributed by atoms with Gasteiger partial charge in [0.05, 0.1) is 6.61 Å². The van der Waals surface area contributed by atoms with Gasteiger partial charge in [-0.05, 0) is 0 Å². The molecule has 0 unspecified atom stereocenters. The average Bonchev–Trinajstić information content (AvgIpc) is 2.26. The zero-order valence-corrected chi connectivity index (χ0v) is 9.11. The number of nitrogens with one attached hydrogen (secondary N) is 1. The van der Waals surface area contributed by atoms with E-state index in [0.717, 1.165) is 7.11 Å². The molecule has 0 aromatic carbocycles. The fourth-order valence-corrected chi connectivity index (χ4v) is 1.66. The fourth-order valence-electron chi connectivity index (χ4n) is 1.66. The van der Waals surface area contributed by atoms with Gasteiger partial charge in [-0.3, -0.25) is 0 Å². The Labute approximate surface area is 96.7 Å². The Balaban J connectivity index is 2.97. The average molecular weight is 252 g/mol. The number of aliphatic hydroxyl groups is 4. The lowest BCUT2D eigenvalue weighted by molar-refractivity contribution is -0.341. The monoisotopic (exact) mass is 252 g/mol. The predicted octanol–water partition coefficient (Wildman–Crippen LogP) is -3.57. The van der Waals surface area contributed by atoms with E-state index in [0.29, 0.717) is 0 Å². The minimum atomic E-state index is -2.40. The number of rotatable bonds is 3. The molecule has 7 N–H and O–H groups in total. The standard InChI is InChI=1S/C8H16N2O7/c1-16-6-8(15,10-7(9)14)5(13)4(12)3(2-11)17-6/h3-6,11-13,15H,2H2,1H3,(H3,9,10,14)/t3-,4-,5+,6+,8+/m1/s1. The molecule has 0 bridgehead atoms. The molecule has 1 aliphatic heterocycles. The van der Waals surface area contributed by atoms with Gasteiger partial charge in [0.25, 0.3) is 0 Å². The molecular formula is C8H16N2O7. The molecule has 1 heterocycles. The van der Waals surface area contributed by atoms with E-state index in [1.165, 1.54) is 0 Å². The number of ether oxygens (including phenoxy) is 2. The summed E-state index contributed by atoms with van der Waals surface area (Å²) >= 11 is 0. The summed E-state index contributed by atoms with van der Waals surface area (Å²) < 4.78 is 9.72. The van der Waals surface area contributed by atoms with E-state index >= 15 is 0 Å². The molecule has 17 heavy (non-hydrogen) atoms. The SMILES string of the molecule is CO[C@H]1O[C@H](CO)[C@@H](O)[C@H](O)[C@@]1(O)NC(N)=O. The van der Waals surface area contributed by atoms with Crippen LogP contribution in [-0.4, -0.2) is 70.5 Å². The molecule has 0 aromatic rings. The maximum atomic E-state index is 10.7. The van der Waals surface area contributed by atoms with Crippen molar-refractivity contribution in [2.24, 2.45) is 5.73 Å². The van der Waals surface area contributed by atoms with Gasteiger partial charge in [0.1, 0.15) is 18.3 Å². The minimum Gasteiger partial charge on any atom is -0.394 e. The molecule has 9 nitrogen and oxygen atoms in total. The van der Waals surface area contributed by atoms with E-state index in [-0.39, 0.29) is 0 Å². The maximum Gasteiger partial charge on any atom is 0.314 e. The van der Waals surface area contributed by atoms with Crippen LogP contribution in [-0.2, 0) is 9.47 Å². The van der Waals surface area contributed by atoms with Crippen molar-refractivity contribution >= 4 is 6.03 Å². The van der Waals surface area contributed by atoms with Crippen LogP contribution >= 0.6 is 0 Å². The molecule has 1 rings (SSSR count). The summed E-state index contributed by atoms with van der Waals surface area (Å²) in [5, 5.41) is 40.0. The number of primary amides is 1. The Kier molecular flexibility index (Phi) is 4.25. The van der Waals surface area contributed by atoms with E-state index in [9.17, 15) is 20.1 Å². The highest BCUT2D eigenvalue weighted by Crippen LogP contribution is 2.28. The Morgan fingerprint density at radius 2 is 2.18 bits per heavy atom. The summed E-state index contributed by atoms with van der Waals surface area (Å²) in [6, 6.07) is -1.13. The third-order valence-corrected chi connectivity index (χ3v) is 2.53. The van der Waals surface area contributed by atoms with Crippen molar-refractivity contribution in [3.8, 4) is 0 Å². The molecule has 5 atom stereocenters. The molecule has 1 fully saturated rings. The first kappa shape index (κ1) is 14.1. The molecule has 0 radical (unpaired) electrons. The zero-order chi connectivity index (χ0) is 13.2. The highest BCUT2D eigenvalue weighted by Gasteiger charge is 2.56. The van der Waals surface area contributed by atoms with Crippen molar-refractivity contribution in [1.29, 1.82) is 0 Å². The third kappa shape index (κ3) is 2.49. The van der Waals surface area contributed by atoms with Crippen LogP contribution in [0.5, 0.6) is 0 Å². The van der Waals surface area contributed by atoms with Crippen LogP contribution in [0.1, 0.15) is 0 Å². The minimum absolute atomic E-state index is 0.593. The molecule has 9 heteroatoms. The highest BCUT2D eigenvalue weighted by atomic mass is 16.7. The number of amides is 2. The summed E-state index contributed by atoms with van der Waals surface area (Å²) in [4.78, 5) is 10.7. The molecule has 0 aromatic heterocycles. The van der Waals surface area contributed by atoms with Gasteiger partial charge in [-0.1, -0.05) is 0 Å². The van der Waals surface area contributed by atoms with E-state index in [2.05, 4.69) is 0 Å². The number of methoxy groups -OCH3 is 1. The second-order valence-electron chi connectivity index (χ2n) is 3.67. The molecule has 0 spiro atoms. The fraction of sp³-hybridized carbons (Fsp3) is 0.875. The van der Waals surface area contributed by atoms with Gasteiger partial charge >= 0.3 is 6.03 Å². The first-order chi connectivity index (χ1) is 7.86. The molecule has 0 saturated carbocycles. The number of aliphatic hydroxyl groups excluding tert-OH is 3. The van der Waals surface area contributed by atoms with Gasteiger partial charge in [0, 0.05) is 7.11 Å². The molecule has 0 aliphatic carbocycles. The normalized spacial score (nSPS) is 42.2.